The van der Waals surface area contributed by atoms with E-state index in [1.165, 1.54) is 6.07 Å². The van der Waals surface area contributed by atoms with Crippen LogP contribution in [0.4, 0.5) is 0 Å². The first-order chi connectivity index (χ1) is 8.84. The van der Waals surface area contributed by atoms with Gasteiger partial charge in [-0.15, -0.1) is 0 Å². The summed E-state index contributed by atoms with van der Waals surface area (Å²) in [5.74, 6) is -1.94. The molecule has 1 saturated heterocycles. The Morgan fingerprint density at radius 3 is 2.47 bits per heavy atom. The SMILES string of the molecule is CC1(C)C2C(=O)N(Cc3cc(C(=O)O)no3)C(=O)C21. The fraction of sp³-hybridized carbons (Fsp3) is 0.500. The van der Waals surface area contributed by atoms with Gasteiger partial charge in [-0.1, -0.05) is 19.0 Å². The van der Waals surface area contributed by atoms with Crippen molar-refractivity contribution in [3.8, 4) is 0 Å². The second kappa shape index (κ2) is 3.43. The maximum absolute atomic E-state index is 12.0. The molecule has 1 saturated carbocycles. The minimum absolute atomic E-state index is 0.0545. The molecule has 1 aromatic heterocycles. The van der Waals surface area contributed by atoms with E-state index in [1.54, 1.807) is 0 Å². The van der Waals surface area contributed by atoms with Crippen LogP contribution in [0.25, 0.3) is 0 Å². The summed E-state index contributed by atoms with van der Waals surface area (Å²) in [6, 6.07) is 1.22. The Hall–Kier alpha value is -2.18. The summed E-state index contributed by atoms with van der Waals surface area (Å²) in [5.41, 5.74) is -0.488. The number of carboxylic acids is 1. The van der Waals surface area contributed by atoms with Crippen molar-refractivity contribution in [1.29, 1.82) is 0 Å². The molecular formula is C12H12N2O5. The number of imide groups is 1. The van der Waals surface area contributed by atoms with E-state index in [4.69, 9.17) is 9.63 Å². The van der Waals surface area contributed by atoms with Gasteiger partial charge in [-0.2, -0.15) is 0 Å². The lowest BCUT2D eigenvalue weighted by atomic mass is 10.1. The zero-order valence-electron chi connectivity index (χ0n) is 10.4. The Labute approximate surface area is 108 Å². The number of carbonyl (C=O) groups excluding carboxylic acids is 2. The van der Waals surface area contributed by atoms with Crippen LogP contribution in [0.1, 0.15) is 30.1 Å². The normalized spacial score (nSPS) is 27.6. The highest BCUT2D eigenvalue weighted by Gasteiger charge is 2.72. The van der Waals surface area contributed by atoms with Gasteiger partial charge in [0.1, 0.15) is 0 Å². The average Bonchev–Trinajstić information content (AvgIpc) is 2.66. The van der Waals surface area contributed by atoms with Crippen LogP contribution >= 0.6 is 0 Å². The number of fused-ring (bicyclic) bond motifs is 1. The molecule has 2 atom stereocenters. The summed E-state index contributed by atoms with van der Waals surface area (Å²) in [6.07, 6.45) is 0. The van der Waals surface area contributed by atoms with Crippen LogP contribution in [0.15, 0.2) is 10.6 Å². The van der Waals surface area contributed by atoms with Crippen molar-refractivity contribution in [2.24, 2.45) is 17.3 Å². The second-order valence-corrected chi connectivity index (χ2v) is 5.52. The van der Waals surface area contributed by atoms with Crippen molar-refractivity contribution < 1.29 is 24.0 Å². The molecule has 0 radical (unpaired) electrons. The molecular weight excluding hydrogens is 252 g/mol. The van der Waals surface area contributed by atoms with Gasteiger partial charge in [0.05, 0.1) is 18.4 Å². The number of hydrogen-bond acceptors (Lipinski definition) is 5. The average molecular weight is 264 g/mol. The zero-order valence-corrected chi connectivity index (χ0v) is 10.4. The highest BCUT2D eigenvalue weighted by atomic mass is 16.5. The molecule has 0 spiro atoms. The second-order valence-electron chi connectivity index (χ2n) is 5.52. The van der Waals surface area contributed by atoms with Crippen LogP contribution in [0.2, 0.25) is 0 Å². The summed E-state index contributed by atoms with van der Waals surface area (Å²) in [5, 5.41) is 12.1. The number of carboxylic acid groups (broad SMARTS) is 1. The molecule has 2 amide bonds. The highest BCUT2D eigenvalue weighted by Crippen LogP contribution is 2.63. The lowest BCUT2D eigenvalue weighted by molar-refractivity contribution is -0.144. The van der Waals surface area contributed by atoms with E-state index in [0.29, 0.717) is 0 Å². The van der Waals surface area contributed by atoms with E-state index in [2.05, 4.69) is 5.16 Å². The minimum atomic E-state index is -1.21. The molecule has 2 aliphatic rings. The Kier molecular flexibility index (Phi) is 2.15. The van der Waals surface area contributed by atoms with Crippen LogP contribution < -0.4 is 0 Å². The fourth-order valence-electron chi connectivity index (χ4n) is 2.80. The zero-order chi connectivity index (χ0) is 13.9. The van der Waals surface area contributed by atoms with Crippen molar-refractivity contribution in [3.05, 3.63) is 17.5 Å². The maximum atomic E-state index is 12.0. The fourth-order valence-corrected chi connectivity index (χ4v) is 2.80. The molecule has 0 bridgehead atoms. The molecule has 1 aromatic rings. The van der Waals surface area contributed by atoms with Crippen LogP contribution in [0, 0.1) is 17.3 Å². The van der Waals surface area contributed by atoms with Gasteiger partial charge >= 0.3 is 5.97 Å². The van der Waals surface area contributed by atoms with Crippen LogP contribution in [-0.2, 0) is 16.1 Å². The van der Waals surface area contributed by atoms with E-state index < -0.39 is 5.97 Å². The number of carbonyl (C=O) groups is 3. The van der Waals surface area contributed by atoms with Crippen LogP contribution in [0.5, 0.6) is 0 Å². The van der Waals surface area contributed by atoms with Gasteiger partial charge in [-0.25, -0.2) is 4.79 Å². The van der Waals surface area contributed by atoms with Gasteiger partial charge < -0.3 is 9.63 Å². The van der Waals surface area contributed by atoms with Gasteiger partial charge in [-0.3, -0.25) is 14.5 Å². The molecule has 100 valence electrons. The number of rotatable bonds is 3. The Morgan fingerprint density at radius 1 is 1.42 bits per heavy atom. The smallest absolute Gasteiger partial charge is 0.358 e. The molecule has 3 rings (SSSR count). The van der Waals surface area contributed by atoms with E-state index in [1.807, 2.05) is 13.8 Å². The first-order valence-electron chi connectivity index (χ1n) is 5.88. The molecule has 2 heterocycles. The Morgan fingerprint density at radius 2 is 2.00 bits per heavy atom. The van der Waals surface area contributed by atoms with E-state index in [-0.39, 0.29) is 47.1 Å². The number of aromatic carboxylic acids is 1. The van der Waals surface area contributed by atoms with E-state index in [9.17, 15) is 14.4 Å². The third kappa shape index (κ3) is 1.50. The van der Waals surface area contributed by atoms with Crippen molar-refractivity contribution >= 4 is 17.8 Å². The number of amides is 2. The maximum Gasteiger partial charge on any atom is 0.358 e. The molecule has 2 fully saturated rings. The number of piperidine rings is 1. The number of aromatic nitrogens is 1. The molecule has 1 N–H and O–H groups in total. The third-order valence-corrected chi connectivity index (χ3v) is 3.98. The van der Waals surface area contributed by atoms with Gasteiger partial charge in [0.25, 0.3) is 0 Å². The van der Waals surface area contributed by atoms with Crippen molar-refractivity contribution in [2.75, 3.05) is 0 Å². The molecule has 0 aromatic carbocycles. The number of likely N-dealkylation sites (tertiary alicyclic amines) is 1. The molecule has 1 aliphatic heterocycles. The standard InChI is InChI=1S/C12H12N2O5/c1-12(2)7-8(12)10(16)14(9(7)15)4-5-3-6(11(17)18)13-19-5/h3,7-8H,4H2,1-2H3,(H,17,18). The minimum Gasteiger partial charge on any atom is -0.476 e. The van der Waals surface area contributed by atoms with Gasteiger partial charge in [0.15, 0.2) is 11.5 Å². The van der Waals surface area contributed by atoms with E-state index in [0.717, 1.165) is 4.90 Å². The molecule has 19 heavy (non-hydrogen) atoms. The predicted octanol–water partition coefficient (Wildman–Crippen LogP) is 0.514. The highest BCUT2D eigenvalue weighted by molar-refractivity contribution is 6.10. The summed E-state index contributed by atoms with van der Waals surface area (Å²) in [7, 11) is 0. The number of nitrogens with zero attached hydrogens (tertiary/aromatic N) is 2. The summed E-state index contributed by atoms with van der Waals surface area (Å²) < 4.78 is 4.81. The van der Waals surface area contributed by atoms with Gasteiger partial charge in [-0.05, 0) is 5.41 Å². The monoisotopic (exact) mass is 264 g/mol. The largest absolute Gasteiger partial charge is 0.476 e. The van der Waals surface area contributed by atoms with Crippen LogP contribution in [-0.4, -0.2) is 32.9 Å². The van der Waals surface area contributed by atoms with Crippen molar-refractivity contribution in [2.45, 2.75) is 20.4 Å². The molecule has 7 nitrogen and oxygen atoms in total. The lowest BCUT2D eigenvalue weighted by Gasteiger charge is -2.18. The van der Waals surface area contributed by atoms with Gasteiger partial charge in [0.2, 0.25) is 11.8 Å². The predicted molar refractivity (Wildman–Crippen MR) is 59.8 cm³/mol. The topological polar surface area (TPSA) is 101 Å². The first-order valence-corrected chi connectivity index (χ1v) is 5.88. The Balaban J connectivity index is 1.77. The van der Waals surface area contributed by atoms with Crippen molar-refractivity contribution in [3.63, 3.8) is 0 Å². The molecule has 2 unspecified atom stereocenters. The third-order valence-electron chi connectivity index (χ3n) is 3.98. The summed E-state index contributed by atoms with van der Waals surface area (Å²) in [6.45, 7) is 3.74. The lowest BCUT2D eigenvalue weighted by Crippen LogP contribution is -2.35. The molecule has 1 aliphatic carbocycles. The number of hydrogen-bond donors (Lipinski definition) is 1. The quantitative estimate of drug-likeness (QED) is 0.798. The van der Waals surface area contributed by atoms with E-state index >= 15 is 0 Å². The molecule has 7 heteroatoms. The Bertz CT molecular complexity index is 579. The van der Waals surface area contributed by atoms with Gasteiger partial charge in [0, 0.05) is 6.07 Å². The van der Waals surface area contributed by atoms with Crippen molar-refractivity contribution in [1.82, 2.24) is 10.1 Å². The summed E-state index contributed by atoms with van der Waals surface area (Å²) in [4.78, 5) is 35.9. The first kappa shape index (κ1) is 11.9. The summed E-state index contributed by atoms with van der Waals surface area (Å²) >= 11 is 0. The van der Waals surface area contributed by atoms with Crippen LogP contribution in [0.3, 0.4) is 0 Å².